The Morgan fingerprint density at radius 1 is 1.17 bits per heavy atom. The third-order valence-corrected chi connectivity index (χ3v) is 4.05. The molecule has 0 saturated carbocycles. The van der Waals surface area contributed by atoms with Gasteiger partial charge in [0.1, 0.15) is 0 Å². The van der Waals surface area contributed by atoms with Crippen LogP contribution >= 0.6 is 11.3 Å². The maximum atomic E-state index is 11.8. The maximum absolute atomic E-state index is 11.8. The van der Waals surface area contributed by atoms with E-state index >= 15 is 0 Å². The molecule has 0 unspecified atom stereocenters. The lowest BCUT2D eigenvalue weighted by atomic mass is 10.1. The smallest absolute Gasteiger partial charge is 0.244 e. The van der Waals surface area contributed by atoms with E-state index in [2.05, 4.69) is 15.3 Å². The van der Waals surface area contributed by atoms with Crippen LogP contribution in [0.5, 0.6) is 0 Å². The molecule has 0 radical (unpaired) electrons. The highest BCUT2D eigenvalue weighted by Gasteiger charge is 2.02. The number of pyridine rings is 2. The Kier molecular flexibility index (Phi) is 4.91. The van der Waals surface area contributed by atoms with E-state index in [1.165, 1.54) is 0 Å². The minimum absolute atomic E-state index is 0.110. The topological polar surface area (TPSA) is 54.9 Å². The van der Waals surface area contributed by atoms with Crippen LogP contribution in [-0.4, -0.2) is 15.9 Å². The van der Waals surface area contributed by atoms with E-state index in [1.807, 2.05) is 47.9 Å². The monoisotopic (exact) mass is 321 g/mol. The fourth-order valence-corrected chi connectivity index (χ4v) is 2.67. The van der Waals surface area contributed by atoms with Crippen LogP contribution in [0.2, 0.25) is 0 Å². The molecule has 0 aliphatic rings. The Labute approximate surface area is 138 Å². The highest BCUT2D eigenvalue weighted by Crippen LogP contribution is 2.16. The van der Waals surface area contributed by atoms with Gasteiger partial charge in [0.25, 0.3) is 0 Å². The van der Waals surface area contributed by atoms with Gasteiger partial charge in [-0.25, -0.2) is 0 Å². The largest absolute Gasteiger partial charge is 0.348 e. The Morgan fingerprint density at radius 3 is 2.83 bits per heavy atom. The van der Waals surface area contributed by atoms with Crippen molar-refractivity contribution >= 4 is 23.3 Å². The molecule has 1 amide bonds. The highest BCUT2D eigenvalue weighted by atomic mass is 32.1. The minimum atomic E-state index is -0.110. The molecule has 3 heterocycles. The SMILES string of the molecule is O=C(/C=C/c1cccs1)NCc1ccnc(-c2ccncc2)c1. The summed E-state index contributed by atoms with van der Waals surface area (Å²) in [4.78, 5) is 21.3. The number of hydrogen-bond acceptors (Lipinski definition) is 4. The van der Waals surface area contributed by atoms with Gasteiger partial charge in [-0.3, -0.25) is 14.8 Å². The maximum Gasteiger partial charge on any atom is 0.244 e. The van der Waals surface area contributed by atoms with Gasteiger partial charge in [-0.1, -0.05) is 6.07 Å². The zero-order valence-electron chi connectivity index (χ0n) is 12.3. The number of nitrogens with zero attached hydrogens (tertiary/aromatic N) is 2. The van der Waals surface area contributed by atoms with E-state index in [0.717, 1.165) is 21.7 Å². The van der Waals surface area contributed by atoms with Crippen LogP contribution in [0.1, 0.15) is 10.4 Å². The molecular weight excluding hydrogens is 306 g/mol. The summed E-state index contributed by atoms with van der Waals surface area (Å²) in [5, 5.41) is 4.86. The molecule has 0 saturated heterocycles. The zero-order chi connectivity index (χ0) is 15.9. The van der Waals surface area contributed by atoms with E-state index in [4.69, 9.17) is 0 Å². The normalized spacial score (nSPS) is 10.8. The Balaban J connectivity index is 1.61. The third-order valence-electron chi connectivity index (χ3n) is 3.21. The molecule has 1 N–H and O–H groups in total. The summed E-state index contributed by atoms with van der Waals surface area (Å²) in [6.45, 7) is 0.466. The molecule has 0 bridgehead atoms. The van der Waals surface area contributed by atoms with Gasteiger partial charge in [0, 0.05) is 41.7 Å². The molecule has 114 valence electrons. The second-order valence-corrected chi connectivity index (χ2v) is 5.83. The lowest BCUT2D eigenvalue weighted by Crippen LogP contribution is -2.20. The number of amides is 1. The van der Waals surface area contributed by atoms with Crippen molar-refractivity contribution in [3.8, 4) is 11.3 Å². The van der Waals surface area contributed by atoms with E-state index in [0.29, 0.717) is 6.54 Å². The van der Waals surface area contributed by atoms with Crippen LogP contribution in [0.15, 0.2) is 66.4 Å². The molecule has 0 spiro atoms. The summed E-state index contributed by atoms with van der Waals surface area (Å²) in [5.41, 5.74) is 2.88. The van der Waals surface area contributed by atoms with Gasteiger partial charge in [0.2, 0.25) is 5.91 Å². The third kappa shape index (κ3) is 4.34. The van der Waals surface area contributed by atoms with Crippen LogP contribution in [0.25, 0.3) is 17.3 Å². The Hall–Kier alpha value is -2.79. The van der Waals surface area contributed by atoms with Gasteiger partial charge < -0.3 is 5.32 Å². The van der Waals surface area contributed by atoms with E-state index in [1.54, 1.807) is 36.0 Å². The number of thiophene rings is 1. The predicted molar refractivity (Wildman–Crippen MR) is 92.7 cm³/mol. The number of rotatable bonds is 5. The average molecular weight is 321 g/mol. The lowest BCUT2D eigenvalue weighted by molar-refractivity contribution is -0.116. The number of carbonyl (C=O) groups excluding carboxylic acids is 1. The first-order valence-corrected chi connectivity index (χ1v) is 8.04. The number of aromatic nitrogens is 2. The van der Waals surface area contributed by atoms with Gasteiger partial charge in [0.15, 0.2) is 0 Å². The van der Waals surface area contributed by atoms with Crippen LogP contribution in [-0.2, 0) is 11.3 Å². The van der Waals surface area contributed by atoms with Crippen LogP contribution in [0, 0.1) is 0 Å². The molecular formula is C18H15N3OS. The first kappa shape index (κ1) is 15.1. The molecule has 0 atom stereocenters. The van der Waals surface area contributed by atoms with Crippen molar-refractivity contribution < 1.29 is 4.79 Å². The van der Waals surface area contributed by atoms with Crippen molar-refractivity contribution in [2.24, 2.45) is 0 Å². The lowest BCUT2D eigenvalue weighted by Gasteiger charge is -2.05. The summed E-state index contributed by atoms with van der Waals surface area (Å²) in [6.07, 6.45) is 8.59. The Morgan fingerprint density at radius 2 is 2.04 bits per heavy atom. The summed E-state index contributed by atoms with van der Waals surface area (Å²) in [7, 11) is 0. The van der Waals surface area contributed by atoms with Crippen molar-refractivity contribution in [3.63, 3.8) is 0 Å². The summed E-state index contributed by atoms with van der Waals surface area (Å²) < 4.78 is 0. The number of nitrogens with one attached hydrogen (secondary N) is 1. The average Bonchev–Trinajstić information content (AvgIpc) is 3.13. The van der Waals surface area contributed by atoms with E-state index in [-0.39, 0.29) is 5.91 Å². The molecule has 0 aromatic carbocycles. The standard InChI is InChI=1S/C18H15N3OS/c22-18(4-3-16-2-1-11-23-16)21-13-14-5-10-20-17(12-14)15-6-8-19-9-7-15/h1-12H,13H2,(H,21,22)/b4-3+. The van der Waals surface area contributed by atoms with Crippen molar-refractivity contribution in [1.82, 2.24) is 15.3 Å². The molecule has 0 fully saturated rings. The first-order chi connectivity index (χ1) is 11.3. The first-order valence-electron chi connectivity index (χ1n) is 7.16. The molecule has 23 heavy (non-hydrogen) atoms. The summed E-state index contributed by atoms with van der Waals surface area (Å²) >= 11 is 1.60. The van der Waals surface area contributed by atoms with Gasteiger partial charge in [-0.05, 0) is 47.4 Å². The van der Waals surface area contributed by atoms with E-state index in [9.17, 15) is 4.79 Å². The molecule has 5 heteroatoms. The number of hydrogen-bond donors (Lipinski definition) is 1. The Bertz CT molecular complexity index is 798. The van der Waals surface area contributed by atoms with Crippen LogP contribution < -0.4 is 5.32 Å². The van der Waals surface area contributed by atoms with Gasteiger partial charge in [-0.15, -0.1) is 11.3 Å². The molecule has 3 aromatic rings. The fraction of sp³-hybridized carbons (Fsp3) is 0.0556. The molecule has 4 nitrogen and oxygen atoms in total. The minimum Gasteiger partial charge on any atom is -0.348 e. The molecule has 0 aliphatic carbocycles. The second kappa shape index (κ2) is 7.47. The van der Waals surface area contributed by atoms with Crippen molar-refractivity contribution in [1.29, 1.82) is 0 Å². The number of carbonyl (C=O) groups is 1. The fourth-order valence-electron chi connectivity index (χ4n) is 2.06. The van der Waals surface area contributed by atoms with E-state index < -0.39 is 0 Å². The predicted octanol–water partition coefficient (Wildman–Crippen LogP) is 3.53. The second-order valence-electron chi connectivity index (χ2n) is 4.85. The van der Waals surface area contributed by atoms with Crippen LogP contribution in [0.3, 0.4) is 0 Å². The molecule has 0 aliphatic heterocycles. The van der Waals surface area contributed by atoms with Gasteiger partial charge in [0.05, 0.1) is 5.69 Å². The zero-order valence-corrected chi connectivity index (χ0v) is 13.2. The quantitative estimate of drug-likeness (QED) is 0.731. The molecule has 3 aromatic heterocycles. The molecule has 3 rings (SSSR count). The summed E-state index contributed by atoms with van der Waals surface area (Å²) in [6, 6.07) is 11.6. The van der Waals surface area contributed by atoms with Gasteiger partial charge in [-0.2, -0.15) is 0 Å². The van der Waals surface area contributed by atoms with Crippen molar-refractivity contribution in [3.05, 3.63) is 76.9 Å². The summed E-state index contributed by atoms with van der Waals surface area (Å²) in [5.74, 6) is -0.110. The van der Waals surface area contributed by atoms with Crippen LogP contribution in [0.4, 0.5) is 0 Å². The van der Waals surface area contributed by atoms with Crippen molar-refractivity contribution in [2.75, 3.05) is 0 Å². The van der Waals surface area contributed by atoms with Gasteiger partial charge >= 0.3 is 0 Å². The van der Waals surface area contributed by atoms with Crippen molar-refractivity contribution in [2.45, 2.75) is 6.54 Å². The highest BCUT2D eigenvalue weighted by molar-refractivity contribution is 7.10.